The molecular weight excluding hydrogens is 494 g/mol. The highest BCUT2D eigenvalue weighted by atomic mass is 16.3. The second kappa shape index (κ2) is 10.2. The molecule has 1 fully saturated rings. The van der Waals surface area contributed by atoms with Gasteiger partial charge in [0, 0.05) is 48.7 Å². The average Bonchev–Trinajstić information content (AvgIpc) is 3.71. The molecule has 1 saturated carbocycles. The van der Waals surface area contributed by atoms with Gasteiger partial charge in [0.2, 0.25) is 0 Å². The number of aliphatic hydroxyl groups excluding tert-OH is 2. The van der Waals surface area contributed by atoms with Gasteiger partial charge in [-0.15, -0.1) is 0 Å². The van der Waals surface area contributed by atoms with Crippen molar-refractivity contribution in [1.29, 1.82) is 0 Å². The normalized spacial score (nSPS) is 14.9. The quantitative estimate of drug-likeness (QED) is 0.324. The molecule has 1 aliphatic heterocycles. The van der Waals surface area contributed by atoms with E-state index in [9.17, 15) is 14.7 Å². The lowest BCUT2D eigenvalue weighted by molar-refractivity contribution is 0.0980. The van der Waals surface area contributed by atoms with E-state index < -0.39 is 0 Å². The van der Waals surface area contributed by atoms with Crippen molar-refractivity contribution >= 4 is 23.1 Å². The van der Waals surface area contributed by atoms with E-state index in [0.717, 1.165) is 23.1 Å². The summed E-state index contributed by atoms with van der Waals surface area (Å²) in [4.78, 5) is 28.3. The van der Waals surface area contributed by atoms with Crippen LogP contribution in [0.25, 0.3) is 11.1 Å². The predicted molar refractivity (Wildman–Crippen MR) is 149 cm³/mol. The summed E-state index contributed by atoms with van der Waals surface area (Å²) in [6, 6.07) is 15.3. The van der Waals surface area contributed by atoms with Crippen LogP contribution in [0.4, 0.5) is 17.2 Å². The third-order valence-corrected chi connectivity index (χ3v) is 7.59. The molecule has 2 aromatic heterocycles. The zero-order chi connectivity index (χ0) is 27.1. The molecule has 0 unspecified atom stereocenters. The highest BCUT2D eigenvalue weighted by Crippen LogP contribution is 2.41. The smallest absolute Gasteiger partial charge is 0.274 e. The molecule has 6 rings (SSSR count). The van der Waals surface area contributed by atoms with Gasteiger partial charge in [-0.25, -0.2) is 0 Å². The number of pyridine rings is 1. The van der Waals surface area contributed by atoms with Crippen LogP contribution < -0.4 is 15.8 Å². The topological polar surface area (TPSA) is 113 Å². The van der Waals surface area contributed by atoms with Gasteiger partial charge in [0.15, 0.2) is 5.82 Å². The van der Waals surface area contributed by atoms with Crippen LogP contribution in [0, 0.1) is 0 Å². The van der Waals surface area contributed by atoms with Crippen molar-refractivity contribution in [3.8, 4) is 11.1 Å². The Kier molecular flexibility index (Phi) is 6.54. The van der Waals surface area contributed by atoms with Crippen molar-refractivity contribution < 1.29 is 15.0 Å². The number of hydrogen-bond acceptors (Lipinski definition) is 6. The van der Waals surface area contributed by atoms with Gasteiger partial charge in [-0.3, -0.25) is 14.3 Å². The molecule has 1 amide bonds. The SMILES string of the molecule is Cn1cc(-c2cccc(N3CCc4cc(C5CC5)ccc4C3=O)c2CO)cc(Nc2ccn(CCO)n2)c1=O. The first-order valence-corrected chi connectivity index (χ1v) is 13.3. The van der Waals surface area contributed by atoms with E-state index in [2.05, 4.69) is 22.5 Å². The van der Waals surface area contributed by atoms with Gasteiger partial charge in [0.05, 0.1) is 25.4 Å². The van der Waals surface area contributed by atoms with E-state index in [-0.39, 0.29) is 24.7 Å². The van der Waals surface area contributed by atoms with Crippen molar-refractivity contribution in [2.24, 2.45) is 7.05 Å². The van der Waals surface area contributed by atoms with E-state index in [0.29, 0.717) is 47.3 Å². The number of anilines is 3. The second-order valence-electron chi connectivity index (χ2n) is 10.2. The first-order chi connectivity index (χ1) is 19.0. The monoisotopic (exact) mass is 525 g/mol. The number of nitrogens with one attached hydrogen (secondary N) is 1. The van der Waals surface area contributed by atoms with E-state index in [4.69, 9.17) is 5.11 Å². The molecule has 0 bridgehead atoms. The molecule has 9 nitrogen and oxygen atoms in total. The molecule has 9 heteroatoms. The molecule has 4 aromatic rings. The number of benzene rings is 2. The molecule has 3 heterocycles. The maximum Gasteiger partial charge on any atom is 0.274 e. The minimum atomic E-state index is -0.264. The lowest BCUT2D eigenvalue weighted by Crippen LogP contribution is -2.38. The van der Waals surface area contributed by atoms with Crippen molar-refractivity contribution in [1.82, 2.24) is 14.3 Å². The number of hydrogen-bond donors (Lipinski definition) is 3. The summed E-state index contributed by atoms with van der Waals surface area (Å²) in [7, 11) is 1.67. The summed E-state index contributed by atoms with van der Waals surface area (Å²) in [6.45, 7) is 0.589. The minimum Gasteiger partial charge on any atom is -0.394 e. The predicted octanol–water partition coefficient (Wildman–Crippen LogP) is 3.56. The largest absolute Gasteiger partial charge is 0.394 e. The molecule has 0 atom stereocenters. The van der Waals surface area contributed by atoms with Crippen molar-refractivity contribution in [2.45, 2.75) is 38.3 Å². The Hall–Kier alpha value is -4.21. The Labute approximate surface area is 225 Å². The number of carbonyl (C=O) groups excluding carboxylic acids is 1. The number of nitrogens with zero attached hydrogens (tertiary/aromatic N) is 4. The highest BCUT2D eigenvalue weighted by Gasteiger charge is 2.30. The molecule has 3 N–H and O–H groups in total. The van der Waals surface area contributed by atoms with Crippen LogP contribution in [0.1, 0.15) is 45.8 Å². The van der Waals surface area contributed by atoms with Gasteiger partial charge in [-0.1, -0.05) is 24.3 Å². The van der Waals surface area contributed by atoms with Gasteiger partial charge >= 0.3 is 0 Å². The lowest BCUT2D eigenvalue weighted by Gasteiger charge is -2.31. The standard InChI is InChI=1S/C30H31N5O4/c1-33-17-22(16-26(30(33)39)31-28-10-11-34(32-28)13-14-36)23-3-2-4-27(25(23)18-37)35-12-9-21-15-20(19-5-6-19)7-8-24(21)29(35)38/h2-4,7-8,10-11,15-17,19,36-37H,5-6,9,12-14,18H2,1H3,(H,31,32). The Balaban J connectivity index is 1.35. The second-order valence-corrected chi connectivity index (χ2v) is 10.2. The zero-order valence-electron chi connectivity index (χ0n) is 21.8. The summed E-state index contributed by atoms with van der Waals surface area (Å²) >= 11 is 0. The molecule has 0 spiro atoms. The number of rotatable bonds is 8. The van der Waals surface area contributed by atoms with E-state index >= 15 is 0 Å². The van der Waals surface area contributed by atoms with Crippen LogP contribution in [-0.2, 0) is 26.6 Å². The third kappa shape index (κ3) is 4.75. The van der Waals surface area contributed by atoms with Crippen LogP contribution in [0.15, 0.2) is 65.7 Å². The summed E-state index contributed by atoms with van der Waals surface area (Å²) < 4.78 is 3.07. The molecule has 200 valence electrons. The fraction of sp³-hybridized carbons (Fsp3) is 0.300. The minimum absolute atomic E-state index is 0.0365. The van der Waals surface area contributed by atoms with Gasteiger partial charge in [-0.2, -0.15) is 5.10 Å². The fourth-order valence-electron chi connectivity index (χ4n) is 5.41. The van der Waals surface area contributed by atoms with E-state index in [1.165, 1.54) is 23.0 Å². The number of fused-ring (bicyclic) bond motifs is 1. The van der Waals surface area contributed by atoms with Crippen LogP contribution in [0.5, 0.6) is 0 Å². The van der Waals surface area contributed by atoms with Gasteiger partial charge in [0.1, 0.15) is 5.69 Å². The first kappa shape index (κ1) is 25.1. The summed E-state index contributed by atoms with van der Waals surface area (Å²) in [5, 5.41) is 27.1. The number of aromatic nitrogens is 3. The van der Waals surface area contributed by atoms with Gasteiger partial charge in [0.25, 0.3) is 11.5 Å². The Morgan fingerprint density at radius 1 is 1.05 bits per heavy atom. The number of carbonyl (C=O) groups is 1. The zero-order valence-corrected chi connectivity index (χ0v) is 21.8. The first-order valence-electron chi connectivity index (χ1n) is 13.3. The highest BCUT2D eigenvalue weighted by molar-refractivity contribution is 6.09. The number of amides is 1. The summed E-state index contributed by atoms with van der Waals surface area (Å²) in [5.41, 5.74) is 5.99. The van der Waals surface area contributed by atoms with E-state index in [1.807, 2.05) is 24.3 Å². The average molecular weight is 526 g/mol. The van der Waals surface area contributed by atoms with E-state index in [1.54, 1.807) is 41.2 Å². The van der Waals surface area contributed by atoms with Crippen molar-refractivity contribution in [3.63, 3.8) is 0 Å². The van der Waals surface area contributed by atoms with Gasteiger partial charge in [-0.05, 0) is 60.1 Å². The molecule has 1 aliphatic carbocycles. The molecule has 0 radical (unpaired) electrons. The Morgan fingerprint density at radius 2 is 1.90 bits per heavy atom. The number of aliphatic hydroxyl groups is 2. The summed E-state index contributed by atoms with van der Waals surface area (Å²) in [6.07, 6.45) is 6.65. The van der Waals surface area contributed by atoms with Crippen molar-refractivity contribution in [2.75, 3.05) is 23.4 Å². The van der Waals surface area contributed by atoms with Gasteiger partial charge < -0.3 is 25.0 Å². The lowest BCUT2D eigenvalue weighted by atomic mass is 9.93. The Bertz CT molecular complexity index is 1620. The summed E-state index contributed by atoms with van der Waals surface area (Å²) in [5.74, 6) is 1.06. The van der Waals surface area contributed by atoms with Crippen LogP contribution in [0.3, 0.4) is 0 Å². The van der Waals surface area contributed by atoms with Crippen LogP contribution >= 0.6 is 0 Å². The van der Waals surface area contributed by atoms with Crippen LogP contribution in [-0.4, -0.2) is 43.6 Å². The molecule has 0 saturated heterocycles. The molecule has 2 aromatic carbocycles. The fourth-order valence-corrected chi connectivity index (χ4v) is 5.41. The number of aryl methyl sites for hydroxylation is 1. The van der Waals surface area contributed by atoms with Crippen LogP contribution in [0.2, 0.25) is 0 Å². The van der Waals surface area contributed by atoms with Crippen molar-refractivity contribution in [3.05, 3.63) is 93.5 Å². The Morgan fingerprint density at radius 3 is 2.67 bits per heavy atom. The maximum atomic E-state index is 13.6. The molecular formula is C30H31N5O4. The molecule has 2 aliphatic rings. The maximum absolute atomic E-state index is 13.6. The molecule has 39 heavy (non-hydrogen) atoms. The third-order valence-electron chi connectivity index (χ3n) is 7.59.